The van der Waals surface area contributed by atoms with E-state index in [0.29, 0.717) is 11.3 Å². The number of hydrogen-bond donors (Lipinski definition) is 2. The Balaban J connectivity index is 2.27. The molecule has 0 amide bonds. The normalized spacial score (nSPS) is 11.8. The van der Waals surface area contributed by atoms with Gasteiger partial charge in [0.2, 0.25) is 0 Å². The third-order valence-corrected chi connectivity index (χ3v) is 2.21. The molecule has 0 aliphatic heterocycles. The minimum absolute atomic E-state index is 0.0138. The second kappa shape index (κ2) is 5.86. The van der Waals surface area contributed by atoms with Gasteiger partial charge in [0.05, 0.1) is 0 Å². The van der Waals surface area contributed by atoms with Crippen LogP contribution in [0.2, 0.25) is 0 Å². The maximum absolute atomic E-state index is 13.2. The van der Waals surface area contributed by atoms with Gasteiger partial charge in [0, 0.05) is 24.2 Å². The Morgan fingerprint density at radius 3 is 2.53 bits per heavy atom. The fraction of sp³-hybridized carbons (Fsp3) is 0.455. The summed E-state index contributed by atoms with van der Waals surface area (Å²) in [7, 11) is 0. The van der Waals surface area contributed by atoms with Crippen LogP contribution in [0.25, 0.3) is 0 Å². The van der Waals surface area contributed by atoms with Crippen LogP contribution in [0.3, 0.4) is 0 Å². The van der Waals surface area contributed by atoms with Gasteiger partial charge in [-0.1, -0.05) is 6.07 Å². The van der Waals surface area contributed by atoms with Crippen molar-refractivity contribution in [2.45, 2.75) is 25.6 Å². The lowest BCUT2D eigenvalue weighted by molar-refractivity contribution is -0.135. The molecule has 0 aliphatic rings. The van der Waals surface area contributed by atoms with E-state index in [1.165, 1.54) is 12.1 Å². The molecule has 0 unspecified atom stereocenters. The summed E-state index contributed by atoms with van der Waals surface area (Å²) in [6, 6.07) is 4.25. The number of nitrogens with two attached hydrogens (primary N) is 1. The van der Waals surface area contributed by atoms with E-state index in [0.717, 1.165) is 0 Å². The molecule has 0 fully saturated rings. The number of halogens is 4. The van der Waals surface area contributed by atoms with Crippen LogP contribution in [0.15, 0.2) is 18.2 Å². The number of rotatable bonds is 5. The van der Waals surface area contributed by atoms with Crippen LogP contribution in [0.4, 0.5) is 23.2 Å². The molecule has 1 aromatic carbocycles. The van der Waals surface area contributed by atoms with Gasteiger partial charge in [-0.3, -0.25) is 0 Å². The summed E-state index contributed by atoms with van der Waals surface area (Å²) in [6.45, 7) is 0.396. The van der Waals surface area contributed by atoms with E-state index < -0.39 is 18.4 Å². The molecule has 0 bridgehead atoms. The molecule has 96 valence electrons. The lowest BCUT2D eigenvalue weighted by Crippen LogP contribution is -2.18. The molecule has 3 N–H and O–H groups in total. The average Bonchev–Trinajstić information content (AvgIpc) is 2.18. The number of hydrogen-bond acceptors (Lipinski definition) is 2. The van der Waals surface area contributed by atoms with Gasteiger partial charge in [-0.2, -0.15) is 13.2 Å². The van der Waals surface area contributed by atoms with E-state index in [1.54, 1.807) is 6.07 Å². The van der Waals surface area contributed by atoms with Crippen LogP contribution in [0, 0.1) is 5.82 Å². The lowest BCUT2D eigenvalue weighted by Gasteiger charge is -2.08. The maximum Gasteiger partial charge on any atom is 0.389 e. The monoisotopic (exact) mass is 250 g/mol. The van der Waals surface area contributed by atoms with Crippen molar-refractivity contribution in [1.29, 1.82) is 0 Å². The molecule has 0 radical (unpaired) electrons. The Morgan fingerprint density at radius 1 is 1.24 bits per heavy atom. The minimum Gasteiger partial charge on any atom is -0.399 e. The van der Waals surface area contributed by atoms with Gasteiger partial charge in [-0.05, 0) is 25.1 Å². The summed E-state index contributed by atoms with van der Waals surface area (Å²) < 4.78 is 48.7. The molecule has 0 heterocycles. The van der Waals surface area contributed by atoms with E-state index in [2.05, 4.69) is 5.32 Å². The van der Waals surface area contributed by atoms with Gasteiger partial charge in [-0.25, -0.2) is 4.39 Å². The number of nitrogens with one attached hydrogen (secondary N) is 1. The molecule has 0 aliphatic carbocycles. The highest BCUT2D eigenvalue weighted by atomic mass is 19.4. The highest BCUT2D eigenvalue weighted by Crippen LogP contribution is 2.20. The van der Waals surface area contributed by atoms with Gasteiger partial charge < -0.3 is 11.1 Å². The van der Waals surface area contributed by atoms with Gasteiger partial charge in [0.15, 0.2) is 0 Å². The molecule has 6 heteroatoms. The summed E-state index contributed by atoms with van der Waals surface area (Å²) in [6.07, 6.45) is -4.97. The quantitative estimate of drug-likeness (QED) is 0.479. The average molecular weight is 250 g/mol. The van der Waals surface area contributed by atoms with E-state index in [9.17, 15) is 17.6 Å². The zero-order chi connectivity index (χ0) is 12.9. The third-order valence-electron chi connectivity index (χ3n) is 2.21. The van der Waals surface area contributed by atoms with E-state index in [-0.39, 0.29) is 19.5 Å². The van der Waals surface area contributed by atoms with Crippen molar-refractivity contribution < 1.29 is 17.6 Å². The van der Waals surface area contributed by atoms with Crippen molar-refractivity contribution in [2.24, 2.45) is 0 Å². The largest absolute Gasteiger partial charge is 0.399 e. The zero-order valence-corrected chi connectivity index (χ0v) is 9.15. The molecule has 2 nitrogen and oxygen atoms in total. The number of nitrogen functional groups attached to an aromatic ring is 1. The van der Waals surface area contributed by atoms with Crippen molar-refractivity contribution in [3.05, 3.63) is 29.6 Å². The predicted molar refractivity (Wildman–Crippen MR) is 57.8 cm³/mol. The first kappa shape index (κ1) is 13.8. The second-order valence-corrected chi connectivity index (χ2v) is 3.75. The highest BCUT2D eigenvalue weighted by molar-refractivity contribution is 5.40. The topological polar surface area (TPSA) is 38.0 Å². The first-order valence-corrected chi connectivity index (χ1v) is 5.20. The summed E-state index contributed by atoms with van der Waals surface area (Å²) in [5.41, 5.74) is 6.08. The molecule has 17 heavy (non-hydrogen) atoms. The lowest BCUT2D eigenvalue weighted by atomic mass is 10.2. The number of benzene rings is 1. The molecule has 0 saturated carbocycles. The molecule has 0 aromatic heterocycles. The van der Waals surface area contributed by atoms with Crippen molar-refractivity contribution >= 4 is 5.69 Å². The smallest absolute Gasteiger partial charge is 0.389 e. The predicted octanol–water partition coefficient (Wildman–Crippen LogP) is 2.84. The van der Waals surface area contributed by atoms with Crippen molar-refractivity contribution in [3.63, 3.8) is 0 Å². The van der Waals surface area contributed by atoms with Crippen LogP contribution < -0.4 is 11.1 Å². The fourth-order valence-electron chi connectivity index (χ4n) is 1.34. The summed E-state index contributed by atoms with van der Waals surface area (Å²) in [5.74, 6) is -0.451. The van der Waals surface area contributed by atoms with E-state index in [1.807, 2.05) is 0 Å². The van der Waals surface area contributed by atoms with Crippen LogP contribution in [0.5, 0.6) is 0 Å². The van der Waals surface area contributed by atoms with Crippen molar-refractivity contribution in [2.75, 3.05) is 12.3 Å². The number of anilines is 1. The van der Waals surface area contributed by atoms with Crippen molar-refractivity contribution in [3.8, 4) is 0 Å². The Kier molecular flexibility index (Phi) is 4.74. The Morgan fingerprint density at radius 2 is 1.94 bits per heavy atom. The Hall–Kier alpha value is -1.30. The first-order valence-electron chi connectivity index (χ1n) is 5.20. The standard InChI is InChI=1S/C11H14F4N2/c12-10-6-9(16)3-2-8(10)7-17-5-1-4-11(13,14)15/h2-3,6,17H,1,4-5,7,16H2. The fourth-order valence-corrected chi connectivity index (χ4v) is 1.34. The highest BCUT2D eigenvalue weighted by Gasteiger charge is 2.25. The molecule has 0 spiro atoms. The molecular formula is C11H14F4N2. The Labute approximate surface area is 96.8 Å². The molecule has 1 rings (SSSR count). The number of alkyl halides is 3. The summed E-state index contributed by atoms with van der Waals surface area (Å²) in [4.78, 5) is 0. The van der Waals surface area contributed by atoms with Gasteiger partial charge in [0.1, 0.15) is 5.82 Å². The van der Waals surface area contributed by atoms with Crippen LogP contribution in [-0.4, -0.2) is 12.7 Å². The molecular weight excluding hydrogens is 236 g/mol. The SMILES string of the molecule is Nc1ccc(CNCCCC(F)(F)F)c(F)c1. The van der Waals surface area contributed by atoms with Gasteiger partial charge in [-0.15, -0.1) is 0 Å². The molecule has 0 atom stereocenters. The first-order chi connectivity index (χ1) is 7.88. The Bertz CT molecular complexity index is 363. The zero-order valence-electron chi connectivity index (χ0n) is 9.15. The van der Waals surface area contributed by atoms with Crippen LogP contribution in [-0.2, 0) is 6.54 Å². The van der Waals surface area contributed by atoms with E-state index >= 15 is 0 Å². The minimum atomic E-state index is -4.13. The van der Waals surface area contributed by atoms with Crippen LogP contribution in [0.1, 0.15) is 18.4 Å². The van der Waals surface area contributed by atoms with Gasteiger partial charge in [0.25, 0.3) is 0 Å². The van der Waals surface area contributed by atoms with E-state index in [4.69, 9.17) is 5.73 Å². The van der Waals surface area contributed by atoms with Crippen molar-refractivity contribution in [1.82, 2.24) is 5.32 Å². The van der Waals surface area contributed by atoms with Gasteiger partial charge >= 0.3 is 6.18 Å². The molecule has 0 saturated heterocycles. The second-order valence-electron chi connectivity index (χ2n) is 3.75. The summed E-state index contributed by atoms with van der Waals surface area (Å²) in [5, 5.41) is 2.75. The van der Waals surface area contributed by atoms with Crippen LogP contribution >= 0.6 is 0 Å². The summed E-state index contributed by atoms with van der Waals surface area (Å²) >= 11 is 0. The third kappa shape index (κ3) is 5.53. The maximum atomic E-state index is 13.2. The molecule has 1 aromatic rings.